The van der Waals surface area contributed by atoms with Crippen LogP contribution in [0.1, 0.15) is 19.5 Å². The third-order valence-electron chi connectivity index (χ3n) is 2.95. The average Bonchev–Trinajstić information content (AvgIpc) is 2.62. The quantitative estimate of drug-likeness (QED) is 0.633. The van der Waals surface area contributed by atoms with Crippen molar-refractivity contribution in [3.05, 3.63) is 15.8 Å². The second-order valence-electron chi connectivity index (χ2n) is 4.38. The van der Waals surface area contributed by atoms with Gasteiger partial charge in [0.1, 0.15) is 11.7 Å². The van der Waals surface area contributed by atoms with Crippen molar-refractivity contribution in [1.29, 1.82) is 0 Å². The molecule has 0 aliphatic rings. The lowest BCUT2D eigenvalue weighted by Gasteiger charge is -2.20. The highest BCUT2D eigenvalue weighted by atomic mass is 16.6. The number of anilines is 1. The van der Waals surface area contributed by atoms with E-state index in [0.717, 1.165) is 0 Å². The van der Waals surface area contributed by atoms with Crippen LogP contribution in [0.4, 0.5) is 11.5 Å². The van der Waals surface area contributed by atoms with Crippen LogP contribution in [0.5, 0.6) is 0 Å². The van der Waals surface area contributed by atoms with Crippen LogP contribution in [0, 0.1) is 17.0 Å². The maximum absolute atomic E-state index is 11.9. The van der Waals surface area contributed by atoms with Crippen LogP contribution >= 0.6 is 0 Å². The molecule has 1 unspecified atom stereocenters. The van der Waals surface area contributed by atoms with E-state index in [1.165, 1.54) is 4.68 Å². The second kappa shape index (κ2) is 5.68. The van der Waals surface area contributed by atoms with Gasteiger partial charge in [-0.15, -0.1) is 0 Å². The lowest BCUT2D eigenvalue weighted by Crippen LogP contribution is -2.39. The van der Waals surface area contributed by atoms with Crippen LogP contribution in [0.2, 0.25) is 0 Å². The number of nitrogens with one attached hydrogen (secondary N) is 1. The lowest BCUT2D eigenvalue weighted by atomic mass is 10.2. The Labute approximate surface area is 111 Å². The molecule has 0 aliphatic carbocycles. The number of carbonyl (C=O) groups excluding carboxylic acids is 1. The van der Waals surface area contributed by atoms with E-state index < -0.39 is 11.0 Å². The summed E-state index contributed by atoms with van der Waals surface area (Å²) in [4.78, 5) is 24.0. The van der Waals surface area contributed by atoms with Crippen molar-refractivity contribution >= 4 is 17.4 Å². The number of amides is 1. The second-order valence-corrected chi connectivity index (χ2v) is 4.38. The zero-order chi connectivity index (χ0) is 14.7. The van der Waals surface area contributed by atoms with Gasteiger partial charge in [0.25, 0.3) is 0 Å². The minimum Gasteiger partial charge on any atom is -0.353 e. The van der Waals surface area contributed by atoms with Crippen LogP contribution in [-0.4, -0.2) is 45.1 Å². The zero-order valence-electron chi connectivity index (χ0n) is 11.8. The van der Waals surface area contributed by atoms with Crippen molar-refractivity contribution in [2.24, 2.45) is 7.05 Å². The van der Waals surface area contributed by atoms with Gasteiger partial charge in [-0.3, -0.25) is 14.9 Å². The monoisotopic (exact) mass is 269 g/mol. The third-order valence-corrected chi connectivity index (χ3v) is 2.95. The van der Waals surface area contributed by atoms with Crippen LogP contribution in [0.3, 0.4) is 0 Å². The van der Waals surface area contributed by atoms with E-state index in [1.807, 2.05) is 6.92 Å². The number of aryl methyl sites for hydroxylation is 2. The molecule has 0 aliphatic heterocycles. The van der Waals surface area contributed by atoms with Gasteiger partial charge >= 0.3 is 5.69 Å². The molecule has 0 fully saturated rings. The summed E-state index contributed by atoms with van der Waals surface area (Å²) in [5.74, 6) is 0.114. The van der Waals surface area contributed by atoms with E-state index >= 15 is 0 Å². The number of aromatic nitrogens is 2. The predicted octanol–water partition coefficient (Wildman–Crippen LogP) is 0.915. The molecule has 1 aromatic rings. The van der Waals surface area contributed by atoms with Crippen molar-refractivity contribution in [1.82, 2.24) is 14.7 Å². The molecule has 1 rings (SSSR count). The molecule has 8 nitrogen and oxygen atoms in total. The highest BCUT2D eigenvalue weighted by Crippen LogP contribution is 2.27. The predicted molar refractivity (Wildman–Crippen MR) is 71.0 cm³/mol. The Morgan fingerprint density at radius 1 is 1.63 bits per heavy atom. The van der Waals surface area contributed by atoms with Gasteiger partial charge in [-0.2, -0.15) is 5.10 Å². The zero-order valence-corrected chi connectivity index (χ0v) is 11.8. The van der Waals surface area contributed by atoms with Gasteiger partial charge in [0.2, 0.25) is 11.7 Å². The van der Waals surface area contributed by atoms with Crippen LogP contribution in [-0.2, 0) is 11.8 Å². The molecule has 0 aromatic carbocycles. The summed E-state index contributed by atoms with van der Waals surface area (Å²) >= 11 is 0. The number of carbonyl (C=O) groups is 1. The Morgan fingerprint density at radius 3 is 2.68 bits per heavy atom. The number of hydrogen-bond donors (Lipinski definition) is 1. The first kappa shape index (κ1) is 14.9. The molecule has 1 N–H and O–H groups in total. The molecule has 1 aromatic heterocycles. The van der Waals surface area contributed by atoms with Gasteiger partial charge in [0, 0.05) is 20.6 Å². The van der Waals surface area contributed by atoms with Crippen LogP contribution < -0.4 is 5.32 Å². The summed E-state index contributed by atoms with van der Waals surface area (Å²) in [7, 11) is 3.28. The Kier molecular flexibility index (Phi) is 4.47. The molecular formula is C11H19N5O3. The summed E-state index contributed by atoms with van der Waals surface area (Å²) in [5.41, 5.74) is 0.222. The number of nitrogens with zero attached hydrogens (tertiary/aromatic N) is 4. The average molecular weight is 269 g/mol. The summed E-state index contributed by atoms with van der Waals surface area (Å²) in [6, 6.07) is -0.557. The topological polar surface area (TPSA) is 93.3 Å². The fourth-order valence-electron chi connectivity index (χ4n) is 1.78. The van der Waals surface area contributed by atoms with Crippen LogP contribution in [0.25, 0.3) is 0 Å². The van der Waals surface area contributed by atoms with Gasteiger partial charge in [-0.05, 0) is 20.8 Å². The number of hydrogen-bond acceptors (Lipinski definition) is 5. The molecule has 0 bridgehead atoms. The summed E-state index contributed by atoms with van der Waals surface area (Å²) in [5, 5.41) is 17.9. The van der Waals surface area contributed by atoms with Gasteiger partial charge in [-0.1, -0.05) is 0 Å². The Bertz CT molecular complexity index is 497. The first-order chi connectivity index (χ1) is 8.79. The van der Waals surface area contributed by atoms with Gasteiger partial charge in [0.15, 0.2) is 0 Å². The molecule has 0 saturated heterocycles. The lowest BCUT2D eigenvalue weighted by molar-refractivity contribution is -0.384. The first-order valence-corrected chi connectivity index (χ1v) is 5.99. The molecule has 0 radical (unpaired) electrons. The van der Waals surface area contributed by atoms with E-state index in [1.54, 1.807) is 32.8 Å². The summed E-state index contributed by atoms with van der Waals surface area (Å²) in [6.07, 6.45) is 0. The van der Waals surface area contributed by atoms with E-state index in [0.29, 0.717) is 12.2 Å². The van der Waals surface area contributed by atoms with Gasteiger partial charge in [0.05, 0.1) is 4.92 Å². The van der Waals surface area contributed by atoms with Crippen LogP contribution in [0.15, 0.2) is 0 Å². The molecule has 1 heterocycles. The third kappa shape index (κ3) is 3.01. The fraction of sp³-hybridized carbons (Fsp3) is 0.636. The maximum Gasteiger partial charge on any atom is 0.333 e. The van der Waals surface area contributed by atoms with E-state index in [-0.39, 0.29) is 17.4 Å². The van der Waals surface area contributed by atoms with E-state index in [2.05, 4.69) is 10.4 Å². The highest BCUT2D eigenvalue weighted by Gasteiger charge is 2.27. The minimum atomic E-state index is -0.557. The number of nitro groups is 1. The van der Waals surface area contributed by atoms with Gasteiger partial charge < -0.3 is 10.2 Å². The summed E-state index contributed by atoms with van der Waals surface area (Å²) in [6.45, 7) is 5.67. The molecule has 0 spiro atoms. The summed E-state index contributed by atoms with van der Waals surface area (Å²) < 4.78 is 1.38. The molecule has 1 atom stereocenters. The number of likely N-dealkylation sites (N-methyl/N-ethyl adjacent to an activating group) is 1. The fourth-order valence-corrected chi connectivity index (χ4v) is 1.78. The van der Waals surface area contributed by atoms with Crippen molar-refractivity contribution < 1.29 is 9.72 Å². The SMILES string of the molecule is CCN(C)C(=O)C(C)Nc1c([N+](=O)[O-])c(C)nn1C. The van der Waals surface area contributed by atoms with E-state index in [4.69, 9.17) is 0 Å². The van der Waals surface area contributed by atoms with Crippen molar-refractivity contribution in [3.8, 4) is 0 Å². The minimum absolute atomic E-state index is 0.0960. The molecule has 19 heavy (non-hydrogen) atoms. The first-order valence-electron chi connectivity index (χ1n) is 5.99. The largest absolute Gasteiger partial charge is 0.353 e. The standard InChI is InChI=1S/C11H19N5O3/c1-6-14(4)11(17)8(3)12-10-9(16(18)19)7(2)13-15(10)5/h8,12H,6H2,1-5H3. The normalized spacial score (nSPS) is 12.1. The number of rotatable bonds is 5. The van der Waals surface area contributed by atoms with Gasteiger partial charge in [-0.25, -0.2) is 4.68 Å². The molecule has 1 amide bonds. The van der Waals surface area contributed by atoms with E-state index in [9.17, 15) is 14.9 Å². The molecular weight excluding hydrogens is 250 g/mol. The Balaban J connectivity index is 3.00. The molecule has 106 valence electrons. The smallest absolute Gasteiger partial charge is 0.333 e. The van der Waals surface area contributed by atoms with Crippen molar-refractivity contribution in [2.75, 3.05) is 18.9 Å². The van der Waals surface area contributed by atoms with Crippen molar-refractivity contribution in [2.45, 2.75) is 26.8 Å². The Morgan fingerprint density at radius 2 is 2.21 bits per heavy atom. The molecule has 8 heteroatoms. The highest BCUT2D eigenvalue weighted by molar-refractivity contribution is 5.84. The maximum atomic E-state index is 11.9. The Hall–Kier alpha value is -2.12. The van der Waals surface area contributed by atoms with Crippen molar-refractivity contribution in [3.63, 3.8) is 0 Å². The molecule has 0 saturated carbocycles.